The molecular weight excluding hydrogens is 397 g/mol. The summed E-state index contributed by atoms with van der Waals surface area (Å²) in [6.45, 7) is 0.742. The molecule has 2 aromatic carbocycles. The van der Waals surface area contributed by atoms with E-state index in [1.165, 1.54) is 12.1 Å². The van der Waals surface area contributed by atoms with E-state index in [2.05, 4.69) is 20.5 Å². The lowest BCUT2D eigenvalue weighted by Crippen LogP contribution is -2.19. The third kappa shape index (κ3) is 3.61. The van der Waals surface area contributed by atoms with Crippen molar-refractivity contribution in [3.8, 4) is 11.4 Å². The van der Waals surface area contributed by atoms with Crippen molar-refractivity contribution in [1.82, 2.24) is 19.7 Å². The Bertz CT molecular complexity index is 1360. The van der Waals surface area contributed by atoms with Gasteiger partial charge in [-0.1, -0.05) is 24.6 Å². The zero-order valence-electron chi connectivity index (χ0n) is 16.7. The number of nitrogens with one attached hydrogen (secondary N) is 2. The third-order valence-electron chi connectivity index (χ3n) is 5.57. The molecule has 5 rings (SSSR count). The van der Waals surface area contributed by atoms with Crippen LogP contribution >= 0.6 is 0 Å². The standard InChI is InChI=1S/C23H20FN5O2/c24-18-10-9-15(13-17(18)21-28-27-20-8-2-1-5-11-29(20)21)25-23(31)19-12-14-6-3-4-7-16(14)22(30)26-19/h3-4,6-7,9-10,12-13H,1-2,5,8,11H2,(H,25,31)(H,26,30). The average molecular weight is 417 g/mol. The van der Waals surface area contributed by atoms with E-state index in [0.717, 1.165) is 38.1 Å². The number of H-pyrrole nitrogens is 1. The topological polar surface area (TPSA) is 92.7 Å². The second-order valence-electron chi connectivity index (χ2n) is 7.65. The molecule has 0 spiro atoms. The first kappa shape index (κ1) is 19.2. The first-order valence-electron chi connectivity index (χ1n) is 10.3. The van der Waals surface area contributed by atoms with E-state index in [0.29, 0.717) is 22.3 Å². The number of rotatable bonds is 3. The van der Waals surface area contributed by atoms with Gasteiger partial charge in [0.05, 0.1) is 5.56 Å². The Balaban J connectivity index is 1.47. The maximum absolute atomic E-state index is 14.7. The van der Waals surface area contributed by atoms with Crippen LogP contribution < -0.4 is 10.9 Å². The summed E-state index contributed by atoms with van der Waals surface area (Å²) in [6, 6.07) is 13.0. The number of fused-ring (bicyclic) bond motifs is 2. The van der Waals surface area contributed by atoms with Gasteiger partial charge in [0, 0.05) is 24.0 Å². The van der Waals surface area contributed by atoms with Crippen molar-refractivity contribution in [3.05, 3.63) is 76.2 Å². The molecule has 1 aliphatic heterocycles. The number of amides is 1. The molecule has 156 valence electrons. The number of pyridine rings is 1. The van der Waals surface area contributed by atoms with Crippen LogP contribution in [0.15, 0.2) is 53.3 Å². The lowest BCUT2D eigenvalue weighted by molar-refractivity contribution is 0.102. The zero-order valence-corrected chi connectivity index (χ0v) is 16.7. The largest absolute Gasteiger partial charge is 0.321 e. The maximum atomic E-state index is 14.7. The van der Waals surface area contributed by atoms with Crippen molar-refractivity contribution in [3.63, 3.8) is 0 Å². The summed E-state index contributed by atoms with van der Waals surface area (Å²) < 4.78 is 16.6. The van der Waals surface area contributed by atoms with E-state index >= 15 is 0 Å². The van der Waals surface area contributed by atoms with Crippen molar-refractivity contribution in [2.45, 2.75) is 32.2 Å². The summed E-state index contributed by atoms with van der Waals surface area (Å²) in [5, 5.41) is 12.4. The van der Waals surface area contributed by atoms with Crippen LogP contribution in [0.2, 0.25) is 0 Å². The number of nitrogens with zero attached hydrogens (tertiary/aromatic N) is 3. The first-order chi connectivity index (χ1) is 15.1. The Labute approximate surface area is 176 Å². The monoisotopic (exact) mass is 417 g/mol. The van der Waals surface area contributed by atoms with Crippen molar-refractivity contribution in [2.75, 3.05) is 5.32 Å². The summed E-state index contributed by atoms with van der Waals surface area (Å²) in [5.41, 5.74) is 0.479. The predicted molar refractivity (Wildman–Crippen MR) is 115 cm³/mol. The van der Waals surface area contributed by atoms with Gasteiger partial charge in [-0.25, -0.2) is 4.39 Å². The van der Waals surface area contributed by atoms with Crippen LogP contribution in [0.4, 0.5) is 10.1 Å². The minimum atomic E-state index is -0.486. The summed E-state index contributed by atoms with van der Waals surface area (Å²) >= 11 is 0. The Kier molecular flexibility index (Phi) is 4.82. The van der Waals surface area contributed by atoms with E-state index in [4.69, 9.17) is 0 Å². The van der Waals surface area contributed by atoms with Crippen molar-refractivity contribution < 1.29 is 9.18 Å². The Morgan fingerprint density at radius 3 is 2.84 bits per heavy atom. The summed E-state index contributed by atoms with van der Waals surface area (Å²) in [7, 11) is 0. The Morgan fingerprint density at radius 1 is 1.06 bits per heavy atom. The van der Waals surface area contributed by atoms with Gasteiger partial charge in [0.2, 0.25) is 0 Å². The normalized spacial score (nSPS) is 13.6. The molecule has 2 N–H and O–H groups in total. The van der Waals surface area contributed by atoms with E-state index in [1.54, 1.807) is 36.4 Å². The van der Waals surface area contributed by atoms with Crippen LogP contribution in [0.5, 0.6) is 0 Å². The lowest BCUT2D eigenvalue weighted by Gasteiger charge is -2.11. The number of benzene rings is 2. The number of hydrogen-bond acceptors (Lipinski definition) is 4. The molecule has 7 nitrogen and oxygen atoms in total. The van der Waals surface area contributed by atoms with Gasteiger partial charge in [0.15, 0.2) is 5.82 Å². The van der Waals surface area contributed by atoms with Gasteiger partial charge in [-0.2, -0.15) is 0 Å². The number of aromatic nitrogens is 4. The molecule has 0 unspecified atom stereocenters. The molecule has 1 amide bonds. The van der Waals surface area contributed by atoms with Crippen LogP contribution in [-0.4, -0.2) is 25.7 Å². The molecule has 4 aromatic rings. The van der Waals surface area contributed by atoms with Crippen LogP contribution in [0.3, 0.4) is 0 Å². The smallest absolute Gasteiger partial charge is 0.272 e. The zero-order chi connectivity index (χ0) is 21.4. The van der Waals surface area contributed by atoms with Crippen molar-refractivity contribution in [2.24, 2.45) is 0 Å². The minimum absolute atomic E-state index is 0.130. The van der Waals surface area contributed by atoms with E-state index in [-0.39, 0.29) is 16.8 Å². The molecule has 0 saturated carbocycles. The highest BCUT2D eigenvalue weighted by molar-refractivity contribution is 6.05. The molecule has 2 aromatic heterocycles. The molecule has 0 aliphatic carbocycles. The fraction of sp³-hybridized carbons (Fsp3) is 0.217. The van der Waals surface area contributed by atoms with Gasteiger partial charge in [-0.3, -0.25) is 9.59 Å². The molecule has 0 fully saturated rings. The number of aromatic amines is 1. The van der Waals surface area contributed by atoms with Gasteiger partial charge in [0.25, 0.3) is 11.5 Å². The number of aryl methyl sites for hydroxylation is 1. The van der Waals surface area contributed by atoms with E-state index in [1.807, 2.05) is 4.57 Å². The highest BCUT2D eigenvalue weighted by Crippen LogP contribution is 2.27. The Hall–Kier alpha value is -3.81. The van der Waals surface area contributed by atoms with Gasteiger partial charge in [-0.05, 0) is 48.6 Å². The number of hydrogen-bond donors (Lipinski definition) is 2. The van der Waals surface area contributed by atoms with Crippen molar-refractivity contribution >= 4 is 22.4 Å². The van der Waals surface area contributed by atoms with Gasteiger partial charge in [0.1, 0.15) is 17.3 Å². The maximum Gasteiger partial charge on any atom is 0.272 e. The van der Waals surface area contributed by atoms with Crippen LogP contribution in [-0.2, 0) is 13.0 Å². The molecule has 0 radical (unpaired) electrons. The number of anilines is 1. The van der Waals surface area contributed by atoms with Gasteiger partial charge < -0.3 is 14.9 Å². The molecule has 3 heterocycles. The SMILES string of the molecule is O=C(Nc1ccc(F)c(-c2nnc3n2CCCCC3)c1)c1cc2ccccc2c(=O)[nH]1. The molecule has 0 saturated heterocycles. The fourth-order valence-corrected chi connectivity index (χ4v) is 3.99. The summed E-state index contributed by atoms with van der Waals surface area (Å²) in [6.07, 6.45) is 3.96. The average Bonchev–Trinajstić information content (AvgIpc) is 3.02. The van der Waals surface area contributed by atoms with Crippen LogP contribution in [0.25, 0.3) is 22.2 Å². The predicted octanol–water partition coefficient (Wildman–Crippen LogP) is 3.90. The number of carbonyl (C=O) groups excluding carboxylic acids is 1. The first-order valence-corrected chi connectivity index (χ1v) is 10.3. The lowest BCUT2D eigenvalue weighted by atomic mass is 10.1. The molecule has 0 bridgehead atoms. The second kappa shape index (κ2) is 7.79. The molecule has 31 heavy (non-hydrogen) atoms. The van der Waals surface area contributed by atoms with Gasteiger partial charge in [-0.15, -0.1) is 10.2 Å². The minimum Gasteiger partial charge on any atom is -0.321 e. The molecule has 0 atom stereocenters. The third-order valence-corrected chi connectivity index (χ3v) is 5.57. The molecule has 1 aliphatic rings. The van der Waals surface area contributed by atoms with Crippen LogP contribution in [0, 0.1) is 5.82 Å². The number of halogens is 1. The van der Waals surface area contributed by atoms with Gasteiger partial charge >= 0.3 is 0 Å². The molecular formula is C23H20FN5O2. The highest BCUT2D eigenvalue weighted by atomic mass is 19.1. The molecule has 8 heteroatoms. The fourth-order valence-electron chi connectivity index (χ4n) is 3.99. The summed E-state index contributed by atoms with van der Waals surface area (Å²) in [5.74, 6) is 0.400. The van der Waals surface area contributed by atoms with E-state index in [9.17, 15) is 14.0 Å². The quantitative estimate of drug-likeness (QED) is 0.529. The Morgan fingerprint density at radius 2 is 1.94 bits per heavy atom. The van der Waals surface area contributed by atoms with Crippen LogP contribution in [0.1, 0.15) is 35.6 Å². The second-order valence-corrected chi connectivity index (χ2v) is 7.65. The number of carbonyl (C=O) groups is 1. The van der Waals surface area contributed by atoms with E-state index < -0.39 is 11.7 Å². The van der Waals surface area contributed by atoms with Crippen molar-refractivity contribution in [1.29, 1.82) is 0 Å². The summed E-state index contributed by atoms with van der Waals surface area (Å²) in [4.78, 5) is 27.6. The highest BCUT2D eigenvalue weighted by Gasteiger charge is 2.19.